The summed E-state index contributed by atoms with van der Waals surface area (Å²) in [5, 5.41) is 10.0. The van der Waals surface area contributed by atoms with E-state index in [9.17, 15) is 18.3 Å². The summed E-state index contributed by atoms with van der Waals surface area (Å²) in [5.74, 6) is -0.0384. The van der Waals surface area contributed by atoms with Crippen LogP contribution in [0.3, 0.4) is 0 Å². The Balaban J connectivity index is 2.04. The molecular formula is C16H13F3O. The molecule has 20 heavy (non-hydrogen) atoms. The van der Waals surface area contributed by atoms with Crippen molar-refractivity contribution in [1.82, 2.24) is 0 Å². The van der Waals surface area contributed by atoms with E-state index < -0.39 is 17.8 Å². The molecule has 0 fully saturated rings. The minimum absolute atomic E-state index is 0.0384. The SMILES string of the molecule is O[C@@H]1C[C@H](c2ccccc2)c2ccc(C(F)(F)F)cc21. The lowest BCUT2D eigenvalue weighted by atomic mass is 9.92. The summed E-state index contributed by atoms with van der Waals surface area (Å²) >= 11 is 0. The number of aliphatic hydroxyl groups is 1. The highest BCUT2D eigenvalue weighted by atomic mass is 19.4. The van der Waals surface area contributed by atoms with Crippen molar-refractivity contribution in [3.05, 3.63) is 70.8 Å². The highest BCUT2D eigenvalue weighted by molar-refractivity contribution is 5.46. The molecule has 0 aromatic heterocycles. The normalized spacial score (nSPS) is 21.8. The Hall–Kier alpha value is -1.81. The van der Waals surface area contributed by atoms with Crippen molar-refractivity contribution in [3.63, 3.8) is 0 Å². The van der Waals surface area contributed by atoms with E-state index in [0.29, 0.717) is 12.0 Å². The van der Waals surface area contributed by atoms with Crippen LogP contribution in [0.5, 0.6) is 0 Å². The molecule has 0 saturated heterocycles. The summed E-state index contributed by atoms with van der Waals surface area (Å²) in [4.78, 5) is 0. The van der Waals surface area contributed by atoms with Gasteiger partial charge in [-0.1, -0.05) is 36.4 Å². The maximum absolute atomic E-state index is 12.7. The highest BCUT2D eigenvalue weighted by Gasteiger charge is 2.36. The largest absolute Gasteiger partial charge is 0.416 e. The van der Waals surface area contributed by atoms with E-state index in [-0.39, 0.29) is 5.92 Å². The first-order valence-electron chi connectivity index (χ1n) is 6.41. The second kappa shape index (κ2) is 4.63. The first kappa shape index (κ1) is 13.2. The fourth-order valence-electron chi connectivity index (χ4n) is 2.84. The number of hydrogen-bond acceptors (Lipinski definition) is 1. The number of benzene rings is 2. The summed E-state index contributed by atoms with van der Waals surface area (Å²) in [5.41, 5.74) is 1.50. The van der Waals surface area contributed by atoms with Gasteiger partial charge in [-0.25, -0.2) is 0 Å². The number of halogens is 3. The Morgan fingerprint density at radius 3 is 2.30 bits per heavy atom. The molecule has 1 N–H and O–H groups in total. The number of alkyl halides is 3. The summed E-state index contributed by atoms with van der Waals surface area (Å²) in [6, 6.07) is 13.2. The zero-order chi connectivity index (χ0) is 14.3. The third kappa shape index (κ3) is 2.20. The van der Waals surface area contributed by atoms with Gasteiger partial charge in [-0.05, 0) is 35.2 Å². The van der Waals surface area contributed by atoms with Gasteiger partial charge in [0, 0.05) is 5.92 Å². The lowest BCUT2D eigenvalue weighted by Crippen LogP contribution is -2.06. The monoisotopic (exact) mass is 278 g/mol. The van der Waals surface area contributed by atoms with Crippen molar-refractivity contribution in [2.24, 2.45) is 0 Å². The Morgan fingerprint density at radius 1 is 0.950 bits per heavy atom. The van der Waals surface area contributed by atoms with Crippen molar-refractivity contribution >= 4 is 0 Å². The third-order valence-electron chi connectivity index (χ3n) is 3.81. The van der Waals surface area contributed by atoms with E-state index in [2.05, 4.69) is 0 Å². The van der Waals surface area contributed by atoms with Crippen LogP contribution in [0.25, 0.3) is 0 Å². The molecule has 2 aromatic carbocycles. The molecule has 1 aliphatic carbocycles. The lowest BCUT2D eigenvalue weighted by Gasteiger charge is -2.13. The van der Waals surface area contributed by atoms with Crippen LogP contribution in [0.2, 0.25) is 0 Å². The van der Waals surface area contributed by atoms with E-state index in [1.54, 1.807) is 0 Å². The zero-order valence-electron chi connectivity index (χ0n) is 10.6. The van der Waals surface area contributed by atoms with Gasteiger partial charge in [-0.2, -0.15) is 13.2 Å². The molecule has 0 saturated carbocycles. The maximum Gasteiger partial charge on any atom is 0.416 e. The molecule has 0 bridgehead atoms. The van der Waals surface area contributed by atoms with Crippen molar-refractivity contribution in [2.75, 3.05) is 0 Å². The molecule has 4 heteroatoms. The molecule has 1 aliphatic rings. The average molecular weight is 278 g/mol. The Morgan fingerprint density at radius 2 is 1.65 bits per heavy atom. The van der Waals surface area contributed by atoms with Crippen LogP contribution in [0, 0.1) is 0 Å². The van der Waals surface area contributed by atoms with Gasteiger partial charge >= 0.3 is 6.18 Å². The molecule has 1 nitrogen and oxygen atoms in total. The molecule has 0 amide bonds. The molecule has 0 unspecified atom stereocenters. The molecule has 0 spiro atoms. The zero-order valence-corrected chi connectivity index (χ0v) is 10.6. The highest BCUT2D eigenvalue weighted by Crippen LogP contribution is 2.45. The average Bonchev–Trinajstić information content (AvgIpc) is 2.76. The molecule has 0 heterocycles. The van der Waals surface area contributed by atoms with Crippen LogP contribution in [0.15, 0.2) is 48.5 Å². The fraction of sp³-hybridized carbons (Fsp3) is 0.250. The molecule has 104 valence electrons. The standard InChI is InChI=1S/C16H13F3O/c17-16(18,19)11-6-7-12-13(9-15(20)14(12)8-11)10-4-2-1-3-5-10/h1-8,13,15,20H,9H2/t13-,15-/m1/s1. The van der Waals surface area contributed by atoms with Gasteiger partial charge < -0.3 is 5.11 Å². The topological polar surface area (TPSA) is 20.2 Å². The van der Waals surface area contributed by atoms with Crippen molar-refractivity contribution in [1.29, 1.82) is 0 Å². The summed E-state index contributed by atoms with van der Waals surface area (Å²) in [6.07, 6.45) is -4.78. The van der Waals surface area contributed by atoms with Crippen molar-refractivity contribution < 1.29 is 18.3 Å². The molecule has 0 radical (unpaired) electrons. The van der Waals surface area contributed by atoms with E-state index in [0.717, 1.165) is 23.3 Å². The molecule has 2 atom stereocenters. The summed E-state index contributed by atoms with van der Waals surface area (Å²) in [6.45, 7) is 0. The minimum atomic E-state index is -4.38. The van der Waals surface area contributed by atoms with Crippen LogP contribution in [-0.2, 0) is 6.18 Å². The first-order valence-corrected chi connectivity index (χ1v) is 6.41. The molecule has 3 rings (SSSR count). The van der Waals surface area contributed by atoms with Crippen molar-refractivity contribution in [3.8, 4) is 0 Å². The summed E-state index contributed by atoms with van der Waals surface area (Å²) < 4.78 is 38.2. The molecule has 0 aliphatic heterocycles. The number of fused-ring (bicyclic) bond motifs is 1. The van der Waals surface area contributed by atoms with E-state index >= 15 is 0 Å². The number of hydrogen-bond donors (Lipinski definition) is 1. The van der Waals surface area contributed by atoms with Gasteiger partial charge in [0.15, 0.2) is 0 Å². The van der Waals surface area contributed by atoms with E-state index in [1.807, 2.05) is 30.3 Å². The van der Waals surface area contributed by atoms with E-state index in [1.165, 1.54) is 6.07 Å². The third-order valence-corrected chi connectivity index (χ3v) is 3.81. The molecule has 2 aromatic rings. The van der Waals surface area contributed by atoms with Gasteiger partial charge in [0.2, 0.25) is 0 Å². The fourth-order valence-corrected chi connectivity index (χ4v) is 2.84. The van der Waals surface area contributed by atoms with Crippen LogP contribution in [0.1, 0.15) is 40.7 Å². The Bertz CT molecular complexity index is 619. The lowest BCUT2D eigenvalue weighted by molar-refractivity contribution is -0.137. The second-order valence-electron chi connectivity index (χ2n) is 5.06. The van der Waals surface area contributed by atoms with Crippen LogP contribution < -0.4 is 0 Å². The van der Waals surface area contributed by atoms with Gasteiger partial charge in [0.1, 0.15) is 0 Å². The summed E-state index contributed by atoms with van der Waals surface area (Å²) in [7, 11) is 0. The van der Waals surface area contributed by atoms with Crippen molar-refractivity contribution in [2.45, 2.75) is 24.6 Å². The quantitative estimate of drug-likeness (QED) is 0.825. The van der Waals surface area contributed by atoms with Gasteiger partial charge in [-0.15, -0.1) is 0 Å². The predicted octanol–water partition coefficient (Wildman–Crippen LogP) is 4.27. The van der Waals surface area contributed by atoms with Crippen LogP contribution in [0.4, 0.5) is 13.2 Å². The Kier molecular flexibility index (Phi) is 3.05. The second-order valence-corrected chi connectivity index (χ2v) is 5.06. The maximum atomic E-state index is 12.7. The Labute approximate surface area is 114 Å². The van der Waals surface area contributed by atoms with Crippen LogP contribution >= 0.6 is 0 Å². The number of rotatable bonds is 1. The van der Waals surface area contributed by atoms with E-state index in [4.69, 9.17) is 0 Å². The smallest absolute Gasteiger partial charge is 0.388 e. The van der Waals surface area contributed by atoms with Crippen LogP contribution in [-0.4, -0.2) is 5.11 Å². The number of aliphatic hydroxyl groups excluding tert-OH is 1. The first-order chi connectivity index (χ1) is 9.47. The van der Waals surface area contributed by atoms with Gasteiger partial charge in [0.25, 0.3) is 0 Å². The minimum Gasteiger partial charge on any atom is -0.388 e. The molecular weight excluding hydrogens is 265 g/mol. The van der Waals surface area contributed by atoms with Gasteiger partial charge in [0.05, 0.1) is 11.7 Å². The van der Waals surface area contributed by atoms with Gasteiger partial charge in [-0.3, -0.25) is 0 Å². The predicted molar refractivity (Wildman–Crippen MR) is 69.3 cm³/mol.